The summed E-state index contributed by atoms with van der Waals surface area (Å²) in [6.07, 6.45) is 2.40. The molecule has 30 heavy (non-hydrogen) atoms. The zero-order chi connectivity index (χ0) is 20.9. The summed E-state index contributed by atoms with van der Waals surface area (Å²) in [5, 5.41) is 1.57. The molecule has 1 aliphatic heterocycles. The van der Waals surface area contributed by atoms with E-state index in [2.05, 4.69) is 57.6 Å². The Morgan fingerprint density at radius 2 is 1.90 bits per heavy atom. The fourth-order valence-electron chi connectivity index (χ4n) is 4.24. The molecule has 1 aliphatic rings. The third kappa shape index (κ3) is 3.20. The van der Waals surface area contributed by atoms with Gasteiger partial charge >= 0.3 is 0 Å². The second-order valence-electron chi connectivity index (χ2n) is 7.71. The van der Waals surface area contributed by atoms with E-state index in [0.29, 0.717) is 17.1 Å². The molecule has 0 amide bonds. The van der Waals surface area contributed by atoms with Crippen LogP contribution in [0, 0.1) is 0 Å². The van der Waals surface area contributed by atoms with Crippen LogP contribution in [0.15, 0.2) is 77.7 Å². The molecule has 0 fully saturated rings. The van der Waals surface area contributed by atoms with Gasteiger partial charge in [-0.15, -0.1) is 0 Å². The molecule has 0 saturated heterocycles. The van der Waals surface area contributed by atoms with Gasteiger partial charge in [-0.1, -0.05) is 70.6 Å². The van der Waals surface area contributed by atoms with Gasteiger partial charge in [-0.25, -0.2) is 4.98 Å². The zero-order valence-electron chi connectivity index (χ0n) is 16.3. The van der Waals surface area contributed by atoms with Crippen molar-refractivity contribution in [3.8, 4) is 5.69 Å². The summed E-state index contributed by atoms with van der Waals surface area (Å²) in [6, 6.07) is 21.7. The van der Waals surface area contributed by atoms with Crippen LogP contribution in [0.4, 0.5) is 5.69 Å². The molecule has 4 nitrogen and oxygen atoms in total. The summed E-state index contributed by atoms with van der Waals surface area (Å²) in [5.74, 6) is 0. The first-order valence-electron chi connectivity index (χ1n) is 9.75. The van der Waals surface area contributed by atoms with Crippen molar-refractivity contribution in [2.24, 2.45) is 0 Å². The molecule has 0 bridgehead atoms. The summed E-state index contributed by atoms with van der Waals surface area (Å²) in [6.45, 7) is 2.92. The standard InChI is InChI=1S/C24H19ClIN3O/c1-24(26)14-20-21(28(24)15-16-7-3-2-4-8-16)19-11-6-12-27-22(19)29(23(20)30)18-10-5-9-17(25)13-18/h2-13H,14-15H2,1H3. The highest BCUT2D eigenvalue weighted by atomic mass is 127. The molecule has 0 saturated carbocycles. The van der Waals surface area contributed by atoms with Crippen LogP contribution >= 0.6 is 34.2 Å². The molecule has 0 aliphatic carbocycles. The maximum absolute atomic E-state index is 13.7. The van der Waals surface area contributed by atoms with Gasteiger partial charge in [-0.3, -0.25) is 9.36 Å². The van der Waals surface area contributed by atoms with Gasteiger partial charge < -0.3 is 4.90 Å². The van der Waals surface area contributed by atoms with Crippen molar-refractivity contribution >= 4 is 50.9 Å². The number of aromatic nitrogens is 2. The molecule has 5 rings (SSSR count). The topological polar surface area (TPSA) is 38.1 Å². The molecule has 0 N–H and O–H groups in total. The third-order valence-corrected chi connectivity index (χ3v) is 6.78. The Kier molecular flexibility index (Phi) is 4.82. The van der Waals surface area contributed by atoms with Crippen molar-refractivity contribution in [3.05, 3.63) is 99.4 Å². The van der Waals surface area contributed by atoms with E-state index >= 15 is 0 Å². The average Bonchev–Trinajstić information content (AvgIpc) is 3.00. The largest absolute Gasteiger partial charge is 0.352 e. The monoisotopic (exact) mass is 527 g/mol. The number of nitrogens with zero attached hydrogens (tertiary/aromatic N) is 3. The maximum atomic E-state index is 13.7. The molecule has 0 radical (unpaired) electrons. The van der Waals surface area contributed by atoms with Gasteiger partial charge in [0.1, 0.15) is 5.65 Å². The minimum absolute atomic E-state index is 0.0306. The summed E-state index contributed by atoms with van der Waals surface area (Å²) >= 11 is 8.70. The fourth-order valence-corrected chi connectivity index (χ4v) is 5.22. The lowest BCUT2D eigenvalue weighted by molar-refractivity contribution is 0.647. The lowest BCUT2D eigenvalue weighted by atomic mass is 10.1. The van der Waals surface area contributed by atoms with E-state index in [1.54, 1.807) is 10.8 Å². The van der Waals surface area contributed by atoms with Gasteiger partial charge in [0.15, 0.2) is 0 Å². The first-order chi connectivity index (χ1) is 14.5. The van der Waals surface area contributed by atoms with Crippen LogP contribution in [0.2, 0.25) is 5.02 Å². The second kappa shape index (κ2) is 7.39. The second-order valence-corrected chi connectivity index (χ2v) is 10.5. The number of halogens is 2. The molecule has 150 valence electrons. The average molecular weight is 528 g/mol. The Morgan fingerprint density at radius 1 is 1.10 bits per heavy atom. The Bertz CT molecular complexity index is 1320. The highest BCUT2D eigenvalue weighted by Crippen LogP contribution is 2.45. The minimum atomic E-state index is -0.217. The normalized spacial score (nSPS) is 18.0. The molecule has 0 spiro atoms. The van der Waals surface area contributed by atoms with Crippen LogP contribution in [0.1, 0.15) is 18.1 Å². The van der Waals surface area contributed by atoms with Gasteiger partial charge in [-0.05, 0) is 42.8 Å². The third-order valence-electron chi connectivity index (χ3n) is 5.58. The predicted octanol–water partition coefficient (Wildman–Crippen LogP) is 5.75. The summed E-state index contributed by atoms with van der Waals surface area (Å²) in [5.41, 5.74) is 4.37. The van der Waals surface area contributed by atoms with E-state index in [4.69, 9.17) is 11.6 Å². The minimum Gasteiger partial charge on any atom is -0.352 e. The number of fused-ring (bicyclic) bond motifs is 3. The molecule has 1 unspecified atom stereocenters. The van der Waals surface area contributed by atoms with Crippen molar-refractivity contribution in [2.75, 3.05) is 4.90 Å². The quantitative estimate of drug-likeness (QED) is 0.193. The lowest BCUT2D eigenvalue weighted by Crippen LogP contribution is -2.37. The number of benzene rings is 2. The van der Waals surface area contributed by atoms with Gasteiger partial charge in [0.05, 0.1) is 14.9 Å². The molecule has 2 aromatic heterocycles. The van der Waals surface area contributed by atoms with Crippen LogP contribution < -0.4 is 10.5 Å². The summed E-state index contributed by atoms with van der Waals surface area (Å²) < 4.78 is 1.48. The predicted molar refractivity (Wildman–Crippen MR) is 131 cm³/mol. The Hall–Kier alpha value is -2.38. The van der Waals surface area contributed by atoms with Crippen molar-refractivity contribution in [3.63, 3.8) is 0 Å². The summed E-state index contributed by atoms with van der Waals surface area (Å²) in [7, 11) is 0. The number of anilines is 1. The smallest absolute Gasteiger partial charge is 0.262 e. The van der Waals surface area contributed by atoms with Crippen molar-refractivity contribution < 1.29 is 0 Å². The number of alkyl halides is 1. The maximum Gasteiger partial charge on any atom is 0.262 e. The Labute approximate surface area is 193 Å². The van der Waals surface area contributed by atoms with Crippen molar-refractivity contribution in [1.82, 2.24) is 9.55 Å². The van der Waals surface area contributed by atoms with Gasteiger partial charge in [-0.2, -0.15) is 0 Å². The van der Waals surface area contributed by atoms with Crippen molar-refractivity contribution in [1.29, 1.82) is 0 Å². The van der Waals surface area contributed by atoms with E-state index in [0.717, 1.165) is 28.9 Å². The van der Waals surface area contributed by atoms with Crippen LogP contribution in [-0.2, 0) is 13.0 Å². The molecular formula is C24H19ClIN3O. The molecular weight excluding hydrogens is 509 g/mol. The van der Waals surface area contributed by atoms with E-state index in [-0.39, 0.29) is 9.10 Å². The number of hydrogen-bond donors (Lipinski definition) is 0. The van der Waals surface area contributed by atoms with Crippen LogP contribution in [-0.4, -0.2) is 13.1 Å². The van der Waals surface area contributed by atoms with Crippen LogP contribution in [0.25, 0.3) is 16.7 Å². The van der Waals surface area contributed by atoms with E-state index < -0.39 is 0 Å². The van der Waals surface area contributed by atoms with E-state index in [1.165, 1.54) is 5.56 Å². The summed E-state index contributed by atoms with van der Waals surface area (Å²) in [4.78, 5) is 20.7. The van der Waals surface area contributed by atoms with E-state index in [1.807, 2.05) is 48.5 Å². The van der Waals surface area contributed by atoms with Crippen LogP contribution in [0.5, 0.6) is 0 Å². The van der Waals surface area contributed by atoms with Gasteiger partial charge in [0.2, 0.25) is 0 Å². The molecule has 1 atom stereocenters. The lowest BCUT2D eigenvalue weighted by Gasteiger charge is -2.33. The highest BCUT2D eigenvalue weighted by molar-refractivity contribution is 14.1. The SMILES string of the molecule is CC1(I)Cc2c(c3cccnc3n(-c3cccc(Cl)c3)c2=O)N1Cc1ccccc1. The van der Waals surface area contributed by atoms with Crippen LogP contribution in [0.3, 0.4) is 0 Å². The van der Waals surface area contributed by atoms with Gasteiger partial charge in [0.25, 0.3) is 5.56 Å². The molecule has 2 aromatic carbocycles. The molecule has 3 heterocycles. The van der Waals surface area contributed by atoms with Crippen molar-refractivity contribution in [2.45, 2.75) is 23.4 Å². The number of pyridine rings is 2. The molecule has 6 heteroatoms. The van der Waals surface area contributed by atoms with E-state index in [9.17, 15) is 4.79 Å². The number of hydrogen-bond acceptors (Lipinski definition) is 3. The highest BCUT2D eigenvalue weighted by Gasteiger charge is 2.41. The zero-order valence-corrected chi connectivity index (χ0v) is 19.3. The van der Waals surface area contributed by atoms with Gasteiger partial charge in [0, 0.05) is 35.1 Å². The Balaban J connectivity index is 1.79. The first-order valence-corrected chi connectivity index (χ1v) is 11.2. The Morgan fingerprint density at radius 3 is 2.67 bits per heavy atom. The number of rotatable bonds is 3. The fraction of sp³-hybridized carbons (Fsp3) is 0.167. The first kappa shape index (κ1) is 19.6. The molecule has 4 aromatic rings.